The molecule has 26 heavy (non-hydrogen) atoms. The van der Waals surface area contributed by atoms with Crippen LogP contribution in [0.25, 0.3) is 0 Å². The Labute approximate surface area is 148 Å². The van der Waals surface area contributed by atoms with Gasteiger partial charge in [-0.1, -0.05) is 24.3 Å². The van der Waals surface area contributed by atoms with E-state index in [2.05, 4.69) is 5.32 Å². The Hall–Kier alpha value is -3.46. The van der Waals surface area contributed by atoms with E-state index in [4.69, 9.17) is 9.84 Å². The van der Waals surface area contributed by atoms with Gasteiger partial charge in [0.2, 0.25) is 0 Å². The van der Waals surface area contributed by atoms with Gasteiger partial charge < -0.3 is 20.3 Å². The van der Waals surface area contributed by atoms with Crippen molar-refractivity contribution in [1.82, 2.24) is 5.32 Å². The van der Waals surface area contributed by atoms with Crippen LogP contribution in [0, 0.1) is 10.1 Å². The van der Waals surface area contributed by atoms with Crippen LogP contribution in [-0.2, 0) is 0 Å². The lowest BCUT2D eigenvalue weighted by molar-refractivity contribution is -0.385. The average Bonchev–Trinajstić information content (AvgIpc) is 2.64. The fourth-order valence-corrected chi connectivity index (χ4v) is 2.15. The zero-order chi connectivity index (χ0) is 19.1. The predicted molar refractivity (Wildman–Crippen MR) is 90.3 cm³/mol. The Morgan fingerprint density at radius 1 is 1.12 bits per heavy atom. The SMILES string of the molecule is O=C(O)c1ccccc1C(=O)NC[C@@H](O)COc1ccccc1[N+](=O)[O-]. The molecule has 0 aliphatic heterocycles. The van der Waals surface area contributed by atoms with Gasteiger partial charge in [-0.25, -0.2) is 4.79 Å². The number of aliphatic hydroxyl groups excluding tert-OH is 1. The van der Waals surface area contributed by atoms with Gasteiger partial charge in [-0.2, -0.15) is 0 Å². The topological polar surface area (TPSA) is 139 Å². The minimum Gasteiger partial charge on any atom is -0.484 e. The van der Waals surface area contributed by atoms with Gasteiger partial charge in [-0.15, -0.1) is 0 Å². The van der Waals surface area contributed by atoms with Gasteiger partial charge in [-0.3, -0.25) is 14.9 Å². The molecule has 9 heteroatoms. The maximum atomic E-state index is 12.1. The minimum atomic E-state index is -1.24. The molecule has 0 fully saturated rings. The van der Waals surface area contributed by atoms with Crippen LogP contribution in [0.15, 0.2) is 48.5 Å². The zero-order valence-electron chi connectivity index (χ0n) is 13.5. The Kier molecular flexibility index (Phi) is 6.23. The van der Waals surface area contributed by atoms with Gasteiger partial charge in [0.15, 0.2) is 5.75 Å². The van der Waals surface area contributed by atoms with Crippen LogP contribution in [-0.4, -0.2) is 46.3 Å². The number of rotatable bonds is 8. The van der Waals surface area contributed by atoms with Crippen LogP contribution in [0.5, 0.6) is 5.75 Å². The fourth-order valence-electron chi connectivity index (χ4n) is 2.15. The van der Waals surface area contributed by atoms with E-state index >= 15 is 0 Å². The van der Waals surface area contributed by atoms with Gasteiger partial charge in [0.05, 0.1) is 16.1 Å². The third-order valence-corrected chi connectivity index (χ3v) is 3.39. The first-order chi connectivity index (χ1) is 12.4. The van der Waals surface area contributed by atoms with Crippen molar-refractivity contribution < 1.29 is 29.5 Å². The number of hydrogen-bond donors (Lipinski definition) is 3. The van der Waals surface area contributed by atoms with Gasteiger partial charge in [0, 0.05) is 12.6 Å². The second-order valence-electron chi connectivity index (χ2n) is 5.25. The Balaban J connectivity index is 1.92. The Bertz CT molecular complexity index is 822. The molecule has 0 heterocycles. The van der Waals surface area contributed by atoms with E-state index in [1.54, 1.807) is 6.07 Å². The van der Waals surface area contributed by atoms with Crippen molar-refractivity contribution in [3.05, 3.63) is 69.8 Å². The summed E-state index contributed by atoms with van der Waals surface area (Å²) in [5.74, 6) is -1.90. The van der Waals surface area contributed by atoms with Crippen molar-refractivity contribution in [2.45, 2.75) is 6.10 Å². The molecule has 0 saturated carbocycles. The first-order valence-corrected chi connectivity index (χ1v) is 7.55. The maximum absolute atomic E-state index is 12.1. The monoisotopic (exact) mass is 360 g/mol. The highest BCUT2D eigenvalue weighted by atomic mass is 16.6. The molecule has 0 bridgehead atoms. The molecular formula is C17H16N2O7. The van der Waals surface area contributed by atoms with E-state index in [0.717, 1.165) is 0 Å². The molecule has 0 unspecified atom stereocenters. The summed E-state index contributed by atoms with van der Waals surface area (Å²) in [4.78, 5) is 33.5. The van der Waals surface area contributed by atoms with Crippen molar-refractivity contribution in [3.63, 3.8) is 0 Å². The maximum Gasteiger partial charge on any atom is 0.336 e. The molecule has 0 spiro atoms. The molecule has 2 aromatic carbocycles. The van der Waals surface area contributed by atoms with E-state index < -0.39 is 22.9 Å². The number of carboxylic acids is 1. The second-order valence-corrected chi connectivity index (χ2v) is 5.25. The third kappa shape index (κ3) is 4.77. The summed E-state index contributed by atoms with van der Waals surface area (Å²) in [5, 5.41) is 32.2. The largest absolute Gasteiger partial charge is 0.484 e. The quantitative estimate of drug-likeness (QED) is 0.478. The van der Waals surface area contributed by atoms with Gasteiger partial charge in [-0.05, 0) is 18.2 Å². The van der Waals surface area contributed by atoms with Gasteiger partial charge >= 0.3 is 11.7 Å². The lowest BCUT2D eigenvalue weighted by atomic mass is 10.1. The number of benzene rings is 2. The molecule has 2 rings (SSSR count). The highest BCUT2D eigenvalue weighted by molar-refractivity contribution is 6.04. The van der Waals surface area contributed by atoms with Crippen LogP contribution >= 0.6 is 0 Å². The van der Waals surface area contributed by atoms with Crippen molar-refractivity contribution in [2.75, 3.05) is 13.2 Å². The van der Waals surface area contributed by atoms with E-state index in [9.17, 15) is 24.8 Å². The van der Waals surface area contributed by atoms with Crippen LogP contribution in [0.4, 0.5) is 5.69 Å². The predicted octanol–water partition coefficient (Wildman–Crippen LogP) is 1.46. The summed E-state index contributed by atoms with van der Waals surface area (Å²) >= 11 is 0. The first kappa shape index (κ1) is 18.9. The molecule has 0 aliphatic carbocycles. The van der Waals surface area contributed by atoms with E-state index in [1.165, 1.54) is 42.5 Å². The lowest BCUT2D eigenvalue weighted by Crippen LogP contribution is -2.36. The minimum absolute atomic E-state index is 0.000834. The fraction of sp³-hybridized carbons (Fsp3) is 0.176. The van der Waals surface area contributed by atoms with E-state index in [-0.39, 0.29) is 35.7 Å². The van der Waals surface area contributed by atoms with Crippen LogP contribution in [0.1, 0.15) is 20.7 Å². The summed E-state index contributed by atoms with van der Waals surface area (Å²) < 4.78 is 5.22. The van der Waals surface area contributed by atoms with Crippen molar-refractivity contribution >= 4 is 17.6 Å². The number of nitro benzene ring substituents is 1. The van der Waals surface area contributed by atoms with E-state index in [0.29, 0.717) is 0 Å². The van der Waals surface area contributed by atoms with Crippen LogP contribution in [0.3, 0.4) is 0 Å². The van der Waals surface area contributed by atoms with Gasteiger partial charge in [0.25, 0.3) is 5.91 Å². The number of nitro groups is 1. The first-order valence-electron chi connectivity index (χ1n) is 7.55. The third-order valence-electron chi connectivity index (χ3n) is 3.39. The number of hydrogen-bond acceptors (Lipinski definition) is 6. The molecule has 1 amide bonds. The van der Waals surface area contributed by atoms with Gasteiger partial charge in [0.1, 0.15) is 12.7 Å². The van der Waals surface area contributed by atoms with Crippen LogP contribution < -0.4 is 10.1 Å². The number of nitrogens with one attached hydrogen (secondary N) is 1. The van der Waals surface area contributed by atoms with Crippen molar-refractivity contribution in [1.29, 1.82) is 0 Å². The second kappa shape index (κ2) is 8.58. The van der Waals surface area contributed by atoms with E-state index in [1.807, 2.05) is 0 Å². The number of carboxylic acid groups (broad SMARTS) is 1. The van der Waals surface area contributed by atoms with Crippen molar-refractivity contribution in [3.8, 4) is 5.75 Å². The smallest absolute Gasteiger partial charge is 0.336 e. The average molecular weight is 360 g/mol. The number of carbonyl (C=O) groups is 2. The van der Waals surface area contributed by atoms with Crippen LogP contribution in [0.2, 0.25) is 0 Å². The summed E-state index contributed by atoms with van der Waals surface area (Å²) in [7, 11) is 0. The number of para-hydroxylation sites is 2. The normalized spacial score (nSPS) is 11.4. The lowest BCUT2D eigenvalue weighted by Gasteiger charge is -2.14. The molecule has 2 aromatic rings. The Morgan fingerprint density at radius 2 is 1.73 bits per heavy atom. The highest BCUT2D eigenvalue weighted by Gasteiger charge is 2.18. The highest BCUT2D eigenvalue weighted by Crippen LogP contribution is 2.25. The molecule has 0 radical (unpaired) electrons. The summed E-state index contributed by atoms with van der Waals surface area (Å²) in [6.45, 7) is -0.501. The summed E-state index contributed by atoms with van der Waals surface area (Å²) in [5.41, 5.74) is -0.429. The van der Waals surface area contributed by atoms with Crippen molar-refractivity contribution in [2.24, 2.45) is 0 Å². The molecule has 0 aliphatic rings. The molecule has 9 nitrogen and oxygen atoms in total. The number of aromatic carboxylic acids is 1. The number of aliphatic hydroxyl groups is 1. The molecular weight excluding hydrogens is 344 g/mol. The summed E-state index contributed by atoms with van der Waals surface area (Å²) in [6.07, 6.45) is -1.14. The zero-order valence-corrected chi connectivity index (χ0v) is 13.5. The number of ether oxygens (including phenoxy) is 1. The molecule has 0 saturated heterocycles. The molecule has 0 aromatic heterocycles. The molecule has 1 atom stereocenters. The number of amides is 1. The summed E-state index contributed by atoms with van der Waals surface area (Å²) in [6, 6.07) is 11.4. The Morgan fingerprint density at radius 3 is 2.38 bits per heavy atom. The standard InChI is InChI=1S/C17H16N2O7/c20-11(10-26-15-8-4-3-7-14(15)19(24)25)9-18-16(21)12-5-1-2-6-13(12)17(22)23/h1-8,11,20H,9-10H2,(H,18,21)(H,22,23)/t11-/m1/s1. The number of carbonyl (C=O) groups excluding carboxylic acids is 1. The molecule has 3 N–H and O–H groups in total. The number of nitrogens with zero attached hydrogens (tertiary/aromatic N) is 1. The molecule has 136 valence electrons.